The number of carbonyl (C=O) groups excluding carboxylic acids is 2. The van der Waals surface area contributed by atoms with Gasteiger partial charge in [-0.25, -0.2) is 9.69 Å². The standard InChI is InChI=1S/C12H8BrCl2NO3/c13-3-1-2-10-11(17)16(12(18)19-10)9-5-7(14)4-8(15)6-9/h1-2,4-6,10H,3H2. The van der Waals surface area contributed by atoms with Crippen LogP contribution in [-0.2, 0) is 9.53 Å². The zero-order chi connectivity index (χ0) is 14.0. The Kier molecular flexibility index (Phi) is 4.50. The molecule has 1 fully saturated rings. The van der Waals surface area contributed by atoms with Crippen molar-refractivity contribution in [1.29, 1.82) is 0 Å². The molecule has 1 unspecified atom stereocenters. The first-order valence-corrected chi connectivity index (χ1v) is 7.14. The molecule has 0 bridgehead atoms. The third kappa shape index (κ3) is 3.11. The third-order valence-corrected chi connectivity index (χ3v) is 3.19. The van der Waals surface area contributed by atoms with Crippen LogP contribution in [0, 0.1) is 0 Å². The highest BCUT2D eigenvalue weighted by Crippen LogP contribution is 2.29. The Labute approximate surface area is 128 Å². The molecule has 1 aromatic carbocycles. The van der Waals surface area contributed by atoms with Crippen LogP contribution >= 0.6 is 39.1 Å². The second kappa shape index (κ2) is 5.94. The van der Waals surface area contributed by atoms with Gasteiger partial charge in [-0.3, -0.25) is 4.79 Å². The largest absolute Gasteiger partial charge is 0.431 e. The molecular formula is C12H8BrCl2NO3. The molecule has 1 aliphatic rings. The monoisotopic (exact) mass is 363 g/mol. The predicted octanol–water partition coefficient (Wildman–Crippen LogP) is 3.80. The summed E-state index contributed by atoms with van der Waals surface area (Å²) in [5.74, 6) is -0.472. The molecule has 0 saturated carbocycles. The highest BCUT2D eigenvalue weighted by atomic mass is 79.9. The van der Waals surface area contributed by atoms with Gasteiger partial charge in [0, 0.05) is 15.4 Å². The molecule has 0 aromatic heterocycles. The molecule has 1 atom stereocenters. The summed E-state index contributed by atoms with van der Waals surface area (Å²) in [7, 11) is 0. The summed E-state index contributed by atoms with van der Waals surface area (Å²) < 4.78 is 4.97. The first-order valence-electron chi connectivity index (χ1n) is 5.26. The van der Waals surface area contributed by atoms with E-state index in [1.807, 2.05) is 0 Å². The number of halogens is 3. The fourth-order valence-corrected chi connectivity index (χ4v) is 2.36. The van der Waals surface area contributed by atoms with Crippen molar-refractivity contribution >= 4 is 56.8 Å². The maximum Gasteiger partial charge on any atom is 0.422 e. The van der Waals surface area contributed by atoms with Gasteiger partial charge < -0.3 is 4.74 Å². The lowest BCUT2D eigenvalue weighted by Crippen LogP contribution is -2.30. The predicted molar refractivity (Wildman–Crippen MR) is 77.2 cm³/mol. The molecular weight excluding hydrogens is 357 g/mol. The van der Waals surface area contributed by atoms with E-state index in [1.165, 1.54) is 24.3 Å². The second-order valence-electron chi connectivity index (χ2n) is 3.69. The van der Waals surface area contributed by atoms with E-state index in [9.17, 15) is 9.59 Å². The minimum atomic E-state index is -0.914. The zero-order valence-electron chi connectivity index (χ0n) is 9.48. The van der Waals surface area contributed by atoms with E-state index in [2.05, 4.69) is 15.9 Å². The number of allylic oxidation sites excluding steroid dienone is 1. The molecule has 0 radical (unpaired) electrons. The van der Waals surface area contributed by atoms with Crippen molar-refractivity contribution in [1.82, 2.24) is 0 Å². The lowest BCUT2D eigenvalue weighted by Gasteiger charge is -2.11. The molecule has 100 valence electrons. The Bertz CT molecular complexity index is 542. The van der Waals surface area contributed by atoms with Gasteiger partial charge in [0.15, 0.2) is 0 Å². The smallest absolute Gasteiger partial charge is 0.422 e. The molecule has 1 aromatic rings. The van der Waals surface area contributed by atoms with Crippen molar-refractivity contribution in [3.05, 3.63) is 40.4 Å². The summed E-state index contributed by atoms with van der Waals surface area (Å²) in [5, 5.41) is 1.24. The van der Waals surface area contributed by atoms with Gasteiger partial charge in [-0.1, -0.05) is 45.2 Å². The zero-order valence-corrected chi connectivity index (χ0v) is 12.6. The van der Waals surface area contributed by atoms with Crippen LogP contribution in [0.3, 0.4) is 0 Å². The maximum absolute atomic E-state index is 12.1. The van der Waals surface area contributed by atoms with Crippen LogP contribution in [0.1, 0.15) is 0 Å². The Morgan fingerprint density at radius 3 is 2.47 bits per heavy atom. The SMILES string of the molecule is O=C1OC(C=CCBr)C(=O)N1c1cc(Cl)cc(Cl)c1. The fourth-order valence-electron chi connectivity index (χ4n) is 1.63. The average molecular weight is 365 g/mol. The van der Waals surface area contributed by atoms with Gasteiger partial charge in [0.1, 0.15) is 0 Å². The van der Waals surface area contributed by atoms with Crippen LogP contribution in [0.15, 0.2) is 30.4 Å². The second-order valence-corrected chi connectivity index (χ2v) is 5.21. The number of ether oxygens (including phenoxy) is 1. The van der Waals surface area contributed by atoms with Gasteiger partial charge in [0.05, 0.1) is 5.69 Å². The van der Waals surface area contributed by atoms with E-state index in [-0.39, 0.29) is 0 Å². The number of imide groups is 1. The van der Waals surface area contributed by atoms with E-state index < -0.39 is 18.1 Å². The van der Waals surface area contributed by atoms with Gasteiger partial charge >= 0.3 is 6.09 Å². The van der Waals surface area contributed by atoms with Crippen LogP contribution in [0.4, 0.5) is 10.5 Å². The highest BCUT2D eigenvalue weighted by molar-refractivity contribution is 9.09. The van der Waals surface area contributed by atoms with Crippen LogP contribution in [0.2, 0.25) is 10.0 Å². The molecule has 19 heavy (non-hydrogen) atoms. The minimum absolute atomic E-state index is 0.294. The fraction of sp³-hybridized carbons (Fsp3) is 0.167. The number of hydrogen-bond acceptors (Lipinski definition) is 3. The van der Waals surface area contributed by atoms with Gasteiger partial charge in [0.2, 0.25) is 6.10 Å². The summed E-state index contributed by atoms with van der Waals surface area (Å²) in [5.41, 5.74) is 0.294. The first-order chi connectivity index (χ1) is 9.02. The van der Waals surface area contributed by atoms with E-state index in [4.69, 9.17) is 27.9 Å². The third-order valence-electron chi connectivity index (χ3n) is 2.38. The first kappa shape index (κ1) is 14.4. The molecule has 0 aliphatic carbocycles. The van der Waals surface area contributed by atoms with Crippen LogP contribution in [-0.4, -0.2) is 23.4 Å². The summed E-state index contributed by atoms with van der Waals surface area (Å²) in [6.45, 7) is 0. The molecule has 2 amide bonds. The van der Waals surface area contributed by atoms with Crippen molar-refractivity contribution < 1.29 is 14.3 Å². The Balaban J connectivity index is 2.32. The number of benzene rings is 1. The number of cyclic esters (lactones) is 1. The van der Waals surface area contributed by atoms with Crippen molar-refractivity contribution in [3.8, 4) is 0 Å². The Morgan fingerprint density at radius 2 is 1.89 bits per heavy atom. The van der Waals surface area contributed by atoms with Crippen molar-refractivity contribution in [2.75, 3.05) is 10.2 Å². The number of alkyl halides is 1. The van der Waals surface area contributed by atoms with Crippen LogP contribution in [0.25, 0.3) is 0 Å². The van der Waals surface area contributed by atoms with Crippen molar-refractivity contribution in [2.24, 2.45) is 0 Å². The van der Waals surface area contributed by atoms with Crippen molar-refractivity contribution in [3.63, 3.8) is 0 Å². The molecule has 1 aliphatic heterocycles. The topological polar surface area (TPSA) is 46.6 Å². The quantitative estimate of drug-likeness (QED) is 0.605. The van der Waals surface area contributed by atoms with E-state index >= 15 is 0 Å². The number of rotatable bonds is 3. The normalized spacial score (nSPS) is 19.3. The molecule has 1 heterocycles. The highest BCUT2D eigenvalue weighted by Gasteiger charge is 2.40. The van der Waals surface area contributed by atoms with Crippen LogP contribution in [0.5, 0.6) is 0 Å². The molecule has 4 nitrogen and oxygen atoms in total. The van der Waals surface area contributed by atoms with Gasteiger partial charge in [0.25, 0.3) is 5.91 Å². The molecule has 7 heteroatoms. The molecule has 0 N–H and O–H groups in total. The van der Waals surface area contributed by atoms with Gasteiger partial charge in [-0.15, -0.1) is 0 Å². The Hall–Kier alpha value is -1.04. The van der Waals surface area contributed by atoms with Gasteiger partial charge in [-0.2, -0.15) is 0 Å². The molecule has 0 spiro atoms. The summed E-state index contributed by atoms with van der Waals surface area (Å²) >= 11 is 14.9. The lowest BCUT2D eigenvalue weighted by atomic mass is 10.2. The van der Waals surface area contributed by atoms with Crippen molar-refractivity contribution in [2.45, 2.75) is 6.10 Å². The number of hydrogen-bond donors (Lipinski definition) is 0. The number of anilines is 1. The number of amides is 2. The minimum Gasteiger partial charge on any atom is -0.431 e. The van der Waals surface area contributed by atoms with E-state index in [0.717, 1.165) is 4.90 Å². The summed E-state index contributed by atoms with van der Waals surface area (Å²) in [6.07, 6.45) is 1.54. The Morgan fingerprint density at radius 1 is 1.26 bits per heavy atom. The molecule has 2 rings (SSSR count). The molecule has 1 saturated heterocycles. The number of nitrogens with zero attached hydrogens (tertiary/aromatic N) is 1. The summed E-state index contributed by atoms with van der Waals surface area (Å²) in [6, 6.07) is 4.47. The number of carbonyl (C=O) groups is 2. The van der Waals surface area contributed by atoms with E-state index in [1.54, 1.807) is 6.08 Å². The van der Waals surface area contributed by atoms with Gasteiger partial charge in [-0.05, 0) is 24.3 Å². The maximum atomic E-state index is 12.1. The van der Waals surface area contributed by atoms with E-state index in [0.29, 0.717) is 21.1 Å². The average Bonchev–Trinajstić information content (AvgIpc) is 2.60. The lowest BCUT2D eigenvalue weighted by molar-refractivity contribution is -0.120. The summed E-state index contributed by atoms with van der Waals surface area (Å²) in [4.78, 5) is 24.7. The van der Waals surface area contributed by atoms with Crippen LogP contribution < -0.4 is 4.90 Å².